The van der Waals surface area contributed by atoms with E-state index in [1.807, 2.05) is 37.8 Å². The van der Waals surface area contributed by atoms with Crippen molar-refractivity contribution in [3.63, 3.8) is 0 Å². The molecule has 0 aromatic carbocycles. The van der Waals surface area contributed by atoms with Crippen molar-refractivity contribution in [2.75, 3.05) is 14.1 Å². The van der Waals surface area contributed by atoms with Crippen LogP contribution in [0.3, 0.4) is 0 Å². The van der Waals surface area contributed by atoms with E-state index >= 15 is 0 Å². The molecular weight excluding hydrogens is 272 g/mol. The molecular formula is C14H20N4O3. The van der Waals surface area contributed by atoms with Crippen LogP contribution < -0.4 is 0 Å². The SMILES string of the molecule is CC(CC(=O)O)c1nc(-c2ccc(CN(C)C)n2C)no1. The summed E-state index contributed by atoms with van der Waals surface area (Å²) in [6, 6.07) is 3.96. The van der Waals surface area contributed by atoms with E-state index in [-0.39, 0.29) is 12.3 Å². The fourth-order valence-corrected chi connectivity index (χ4v) is 2.15. The number of aromatic nitrogens is 3. The molecule has 2 aromatic rings. The van der Waals surface area contributed by atoms with Crippen molar-refractivity contribution in [2.24, 2.45) is 7.05 Å². The highest BCUT2D eigenvalue weighted by Gasteiger charge is 2.19. The monoisotopic (exact) mass is 292 g/mol. The zero-order valence-electron chi connectivity index (χ0n) is 12.7. The maximum atomic E-state index is 10.7. The minimum absolute atomic E-state index is 0.0271. The molecule has 21 heavy (non-hydrogen) atoms. The third-order valence-corrected chi connectivity index (χ3v) is 3.28. The van der Waals surface area contributed by atoms with Gasteiger partial charge >= 0.3 is 5.97 Å². The second kappa shape index (κ2) is 6.09. The fourth-order valence-electron chi connectivity index (χ4n) is 2.15. The maximum absolute atomic E-state index is 10.7. The summed E-state index contributed by atoms with van der Waals surface area (Å²) in [6.45, 7) is 2.57. The number of hydrogen-bond donors (Lipinski definition) is 1. The molecule has 0 saturated carbocycles. The van der Waals surface area contributed by atoms with Gasteiger partial charge in [0.05, 0.1) is 12.1 Å². The van der Waals surface area contributed by atoms with E-state index < -0.39 is 5.97 Å². The fraction of sp³-hybridized carbons (Fsp3) is 0.500. The predicted molar refractivity (Wildman–Crippen MR) is 76.8 cm³/mol. The van der Waals surface area contributed by atoms with Gasteiger partial charge in [-0.15, -0.1) is 0 Å². The third-order valence-electron chi connectivity index (χ3n) is 3.28. The zero-order valence-corrected chi connectivity index (χ0v) is 12.7. The van der Waals surface area contributed by atoms with E-state index in [9.17, 15) is 4.79 Å². The number of aliphatic carboxylic acids is 1. The first-order valence-electron chi connectivity index (χ1n) is 6.73. The first-order valence-corrected chi connectivity index (χ1v) is 6.73. The van der Waals surface area contributed by atoms with Crippen molar-refractivity contribution in [3.8, 4) is 11.5 Å². The molecule has 0 aliphatic rings. The Morgan fingerprint density at radius 1 is 1.48 bits per heavy atom. The minimum atomic E-state index is -0.880. The first kappa shape index (κ1) is 15.2. The Balaban J connectivity index is 2.22. The number of carbonyl (C=O) groups is 1. The molecule has 1 N–H and O–H groups in total. The number of rotatable bonds is 6. The van der Waals surface area contributed by atoms with Gasteiger partial charge in [-0.25, -0.2) is 0 Å². The summed E-state index contributed by atoms with van der Waals surface area (Å²) in [5, 5.41) is 12.8. The predicted octanol–water partition coefficient (Wildman–Crippen LogP) is 1.71. The molecule has 0 saturated heterocycles. The van der Waals surface area contributed by atoms with E-state index in [4.69, 9.17) is 9.63 Å². The van der Waals surface area contributed by atoms with Gasteiger partial charge in [-0.2, -0.15) is 4.98 Å². The molecule has 0 fully saturated rings. The second-order valence-electron chi connectivity index (χ2n) is 5.46. The molecule has 0 aliphatic carbocycles. The Hall–Kier alpha value is -2.15. The Kier molecular flexibility index (Phi) is 4.42. The van der Waals surface area contributed by atoms with Gasteiger partial charge in [0, 0.05) is 25.2 Å². The lowest BCUT2D eigenvalue weighted by molar-refractivity contribution is -0.137. The second-order valence-corrected chi connectivity index (χ2v) is 5.46. The summed E-state index contributed by atoms with van der Waals surface area (Å²) in [7, 11) is 5.96. The van der Waals surface area contributed by atoms with Crippen LogP contribution in [-0.2, 0) is 18.4 Å². The third kappa shape index (κ3) is 3.49. The molecule has 0 radical (unpaired) electrons. The van der Waals surface area contributed by atoms with Crippen molar-refractivity contribution in [1.82, 2.24) is 19.6 Å². The molecule has 7 heteroatoms. The van der Waals surface area contributed by atoms with Crippen LogP contribution in [0.2, 0.25) is 0 Å². The van der Waals surface area contributed by atoms with E-state index in [2.05, 4.69) is 15.0 Å². The molecule has 1 unspecified atom stereocenters. The smallest absolute Gasteiger partial charge is 0.304 e. The Labute approximate surface area is 123 Å². The Morgan fingerprint density at radius 2 is 2.19 bits per heavy atom. The first-order chi connectivity index (χ1) is 9.88. The van der Waals surface area contributed by atoms with E-state index in [1.165, 1.54) is 0 Å². The van der Waals surface area contributed by atoms with Crippen molar-refractivity contribution < 1.29 is 14.4 Å². The summed E-state index contributed by atoms with van der Waals surface area (Å²) in [6.07, 6.45) is -0.0271. The summed E-state index contributed by atoms with van der Waals surface area (Å²) >= 11 is 0. The summed E-state index contributed by atoms with van der Waals surface area (Å²) in [5.74, 6) is -0.350. The molecule has 7 nitrogen and oxygen atoms in total. The quantitative estimate of drug-likeness (QED) is 0.872. The summed E-state index contributed by atoms with van der Waals surface area (Å²) in [4.78, 5) is 17.1. The van der Waals surface area contributed by atoms with Crippen LogP contribution in [-0.4, -0.2) is 44.8 Å². The lowest BCUT2D eigenvalue weighted by atomic mass is 10.1. The van der Waals surface area contributed by atoms with E-state index in [0.29, 0.717) is 11.7 Å². The molecule has 0 amide bonds. The largest absolute Gasteiger partial charge is 0.481 e. The normalized spacial score (nSPS) is 12.8. The van der Waals surface area contributed by atoms with Crippen molar-refractivity contribution in [1.29, 1.82) is 0 Å². The highest BCUT2D eigenvalue weighted by molar-refractivity contribution is 5.67. The highest BCUT2D eigenvalue weighted by Crippen LogP contribution is 2.23. The van der Waals surface area contributed by atoms with Crippen LogP contribution in [0.4, 0.5) is 0 Å². The van der Waals surface area contributed by atoms with Crippen LogP contribution in [0.15, 0.2) is 16.7 Å². The highest BCUT2D eigenvalue weighted by atomic mass is 16.5. The average molecular weight is 292 g/mol. The van der Waals surface area contributed by atoms with Gasteiger partial charge in [-0.05, 0) is 26.2 Å². The summed E-state index contributed by atoms with van der Waals surface area (Å²) < 4.78 is 7.19. The van der Waals surface area contributed by atoms with Gasteiger partial charge in [0.1, 0.15) is 0 Å². The average Bonchev–Trinajstić information content (AvgIpc) is 2.96. The number of hydrogen-bond acceptors (Lipinski definition) is 5. The van der Waals surface area contributed by atoms with Gasteiger partial charge in [0.25, 0.3) is 0 Å². The van der Waals surface area contributed by atoms with Crippen LogP contribution in [0.1, 0.15) is 30.8 Å². The van der Waals surface area contributed by atoms with E-state index in [1.54, 1.807) is 6.92 Å². The molecule has 114 valence electrons. The molecule has 0 aliphatic heterocycles. The molecule has 0 bridgehead atoms. The number of carboxylic acids is 1. The maximum Gasteiger partial charge on any atom is 0.304 e. The van der Waals surface area contributed by atoms with E-state index in [0.717, 1.165) is 17.9 Å². The van der Waals surface area contributed by atoms with Gasteiger partial charge in [0.15, 0.2) is 0 Å². The summed E-state index contributed by atoms with van der Waals surface area (Å²) in [5.41, 5.74) is 1.99. The lowest BCUT2D eigenvalue weighted by Crippen LogP contribution is -2.13. The molecule has 2 aromatic heterocycles. The van der Waals surface area contributed by atoms with Gasteiger partial charge in [-0.3, -0.25) is 4.79 Å². The zero-order chi connectivity index (χ0) is 15.6. The molecule has 2 rings (SSSR count). The molecule has 2 heterocycles. The van der Waals surface area contributed by atoms with Crippen LogP contribution in [0.25, 0.3) is 11.5 Å². The van der Waals surface area contributed by atoms with Gasteiger partial charge in [-0.1, -0.05) is 12.1 Å². The lowest BCUT2D eigenvalue weighted by Gasteiger charge is -2.11. The molecule has 0 spiro atoms. The topological polar surface area (TPSA) is 84.4 Å². The van der Waals surface area contributed by atoms with Crippen molar-refractivity contribution >= 4 is 5.97 Å². The Bertz CT molecular complexity index is 630. The number of nitrogens with zero attached hydrogens (tertiary/aromatic N) is 4. The minimum Gasteiger partial charge on any atom is -0.481 e. The van der Waals surface area contributed by atoms with Crippen molar-refractivity contribution in [2.45, 2.75) is 25.8 Å². The standard InChI is InChI=1S/C14H20N4O3/c1-9(7-12(19)20)14-15-13(16-21-14)11-6-5-10(18(11)4)8-17(2)3/h5-6,9H,7-8H2,1-4H3,(H,19,20). The molecule has 1 atom stereocenters. The van der Waals surface area contributed by atoms with Crippen LogP contribution >= 0.6 is 0 Å². The van der Waals surface area contributed by atoms with Gasteiger partial charge < -0.3 is 19.1 Å². The van der Waals surface area contributed by atoms with Crippen LogP contribution in [0, 0.1) is 0 Å². The van der Waals surface area contributed by atoms with Crippen molar-refractivity contribution in [3.05, 3.63) is 23.7 Å². The number of carboxylic acid groups (broad SMARTS) is 1. The van der Waals surface area contributed by atoms with Gasteiger partial charge in [0.2, 0.25) is 11.7 Å². The van der Waals surface area contributed by atoms with Crippen LogP contribution in [0.5, 0.6) is 0 Å². The Morgan fingerprint density at radius 3 is 2.81 bits per heavy atom.